The number of aliphatic hydroxyl groups is 1. The van der Waals surface area contributed by atoms with Gasteiger partial charge >= 0.3 is 0 Å². The highest BCUT2D eigenvalue weighted by molar-refractivity contribution is 5.91. The molecule has 0 radical (unpaired) electrons. The molecule has 88 valence electrons. The summed E-state index contributed by atoms with van der Waals surface area (Å²) in [6.45, 7) is 1.62. The molecule has 0 spiro atoms. The third kappa shape index (κ3) is 4.49. The van der Waals surface area contributed by atoms with Gasteiger partial charge in [-0.25, -0.2) is 0 Å². The molecule has 0 heterocycles. The van der Waals surface area contributed by atoms with Crippen molar-refractivity contribution in [3.8, 4) is 6.07 Å². The van der Waals surface area contributed by atoms with Gasteiger partial charge < -0.3 is 10.4 Å². The maximum absolute atomic E-state index is 11.4. The molecule has 1 aromatic rings. The van der Waals surface area contributed by atoms with E-state index in [9.17, 15) is 4.79 Å². The van der Waals surface area contributed by atoms with Gasteiger partial charge in [0, 0.05) is 12.1 Å². The Morgan fingerprint density at radius 3 is 3.06 bits per heavy atom. The highest BCUT2D eigenvalue weighted by Gasteiger charge is 2.01. The second kappa shape index (κ2) is 6.46. The molecule has 0 aliphatic heterocycles. The molecule has 0 aromatic heterocycles. The summed E-state index contributed by atoms with van der Waals surface area (Å²) in [6.07, 6.45) is 3.00. The molecule has 4 heteroatoms. The number of rotatable bonds is 4. The Morgan fingerprint density at radius 1 is 1.65 bits per heavy atom. The van der Waals surface area contributed by atoms with Gasteiger partial charge in [0.1, 0.15) is 0 Å². The van der Waals surface area contributed by atoms with Crippen LogP contribution in [0.1, 0.15) is 18.1 Å². The predicted octanol–water partition coefficient (Wildman–Crippen LogP) is 1.07. The van der Waals surface area contributed by atoms with Crippen LogP contribution >= 0.6 is 0 Å². The number of aliphatic hydroxyl groups excluding tert-OH is 1. The molecule has 1 atom stereocenters. The SMILES string of the molecule is CC(CO)NC(=O)/C=C/c1cccc(C#N)c1. The first-order valence-electron chi connectivity index (χ1n) is 5.25. The lowest BCUT2D eigenvalue weighted by atomic mass is 10.1. The number of nitrogens with one attached hydrogen (secondary N) is 1. The Hall–Kier alpha value is -2.12. The smallest absolute Gasteiger partial charge is 0.244 e. The molecule has 0 aliphatic rings. The summed E-state index contributed by atoms with van der Waals surface area (Å²) in [6, 6.07) is 8.72. The number of nitrogens with zero attached hydrogens (tertiary/aromatic N) is 1. The van der Waals surface area contributed by atoms with Crippen LogP contribution in [-0.2, 0) is 4.79 Å². The lowest BCUT2D eigenvalue weighted by Crippen LogP contribution is -2.33. The van der Waals surface area contributed by atoms with Crippen molar-refractivity contribution in [2.45, 2.75) is 13.0 Å². The van der Waals surface area contributed by atoms with Crippen molar-refractivity contribution in [3.05, 3.63) is 41.5 Å². The van der Waals surface area contributed by atoms with Crippen molar-refractivity contribution < 1.29 is 9.90 Å². The minimum Gasteiger partial charge on any atom is -0.394 e. The fraction of sp³-hybridized carbons (Fsp3) is 0.231. The van der Waals surface area contributed by atoms with Gasteiger partial charge in [-0.1, -0.05) is 12.1 Å². The number of hydrogen-bond donors (Lipinski definition) is 2. The maximum Gasteiger partial charge on any atom is 0.244 e. The molecule has 1 rings (SSSR count). The molecule has 0 aliphatic carbocycles. The van der Waals surface area contributed by atoms with E-state index in [0.29, 0.717) is 5.56 Å². The van der Waals surface area contributed by atoms with Gasteiger partial charge in [0.2, 0.25) is 5.91 Å². The maximum atomic E-state index is 11.4. The zero-order chi connectivity index (χ0) is 12.7. The monoisotopic (exact) mass is 230 g/mol. The molecule has 0 saturated heterocycles. The summed E-state index contributed by atoms with van der Waals surface area (Å²) < 4.78 is 0. The number of carbonyl (C=O) groups excluding carboxylic acids is 1. The van der Waals surface area contributed by atoms with Crippen LogP contribution in [0, 0.1) is 11.3 Å². The lowest BCUT2D eigenvalue weighted by molar-refractivity contribution is -0.117. The number of amides is 1. The van der Waals surface area contributed by atoms with Crippen LogP contribution in [0.5, 0.6) is 0 Å². The van der Waals surface area contributed by atoms with Crippen LogP contribution in [0.4, 0.5) is 0 Å². The largest absolute Gasteiger partial charge is 0.394 e. The van der Waals surface area contributed by atoms with Crippen LogP contribution in [0.2, 0.25) is 0 Å². The highest BCUT2D eigenvalue weighted by atomic mass is 16.3. The molecule has 0 saturated carbocycles. The summed E-state index contributed by atoms with van der Waals surface area (Å²) in [5, 5.41) is 20.1. The molecule has 1 amide bonds. The first-order chi connectivity index (χ1) is 8.15. The van der Waals surface area contributed by atoms with Crippen molar-refractivity contribution in [1.82, 2.24) is 5.32 Å². The quantitative estimate of drug-likeness (QED) is 0.760. The topological polar surface area (TPSA) is 73.1 Å². The second-order valence-electron chi connectivity index (χ2n) is 3.66. The fourth-order valence-corrected chi connectivity index (χ4v) is 1.22. The van der Waals surface area contributed by atoms with Gasteiger partial charge in [0.05, 0.1) is 18.2 Å². The van der Waals surface area contributed by atoms with Crippen LogP contribution in [0.25, 0.3) is 6.08 Å². The Bertz CT molecular complexity index is 461. The summed E-state index contributed by atoms with van der Waals surface area (Å²) in [5.41, 5.74) is 1.34. The summed E-state index contributed by atoms with van der Waals surface area (Å²) in [4.78, 5) is 11.4. The zero-order valence-electron chi connectivity index (χ0n) is 9.55. The number of carbonyl (C=O) groups is 1. The van der Waals surface area contributed by atoms with Crippen LogP contribution in [-0.4, -0.2) is 23.7 Å². The predicted molar refractivity (Wildman–Crippen MR) is 64.9 cm³/mol. The Balaban J connectivity index is 2.64. The van der Waals surface area contributed by atoms with Crippen LogP contribution in [0.3, 0.4) is 0 Å². The Labute approximate surface area is 100 Å². The molecule has 0 bridgehead atoms. The van der Waals surface area contributed by atoms with Gasteiger partial charge in [-0.2, -0.15) is 5.26 Å². The van der Waals surface area contributed by atoms with E-state index in [0.717, 1.165) is 5.56 Å². The summed E-state index contributed by atoms with van der Waals surface area (Å²) in [5.74, 6) is -0.270. The van der Waals surface area contributed by atoms with Gasteiger partial charge in [-0.15, -0.1) is 0 Å². The summed E-state index contributed by atoms with van der Waals surface area (Å²) >= 11 is 0. The second-order valence-corrected chi connectivity index (χ2v) is 3.66. The van der Waals surface area contributed by atoms with E-state index in [1.165, 1.54) is 6.08 Å². The van der Waals surface area contributed by atoms with Crippen molar-refractivity contribution in [2.75, 3.05) is 6.61 Å². The van der Waals surface area contributed by atoms with Gasteiger partial charge in [-0.3, -0.25) is 4.79 Å². The van der Waals surface area contributed by atoms with E-state index in [1.54, 1.807) is 37.3 Å². The first kappa shape index (κ1) is 12.9. The molecule has 2 N–H and O–H groups in total. The van der Waals surface area contributed by atoms with Crippen LogP contribution in [0.15, 0.2) is 30.3 Å². The van der Waals surface area contributed by atoms with E-state index >= 15 is 0 Å². The molecule has 17 heavy (non-hydrogen) atoms. The normalized spacial score (nSPS) is 12.1. The average molecular weight is 230 g/mol. The van der Waals surface area contributed by atoms with E-state index in [4.69, 9.17) is 10.4 Å². The standard InChI is InChI=1S/C13H14N2O2/c1-10(9-16)15-13(17)6-5-11-3-2-4-12(7-11)8-14/h2-7,10,16H,9H2,1H3,(H,15,17)/b6-5+. The summed E-state index contributed by atoms with van der Waals surface area (Å²) in [7, 11) is 0. The van der Waals surface area contributed by atoms with E-state index < -0.39 is 0 Å². The minimum absolute atomic E-state index is 0.0938. The third-order valence-corrected chi connectivity index (χ3v) is 2.11. The average Bonchev–Trinajstić information content (AvgIpc) is 2.36. The molecule has 1 unspecified atom stereocenters. The van der Waals surface area contributed by atoms with Crippen LogP contribution < -0.4 is 5.32 Å². The van der Waals surface area contributed by atoms with Crippen molar-refractivity contribution in [1.29, 1.82) is 5.26 Å². The first-order valence-corrected chi connectivity index (χ1v) is 5.25. The Kier molecular flexibility index (Phi) is 4.92. The third-order valence-electron chi connectivity index (χ3n) is 2.11. The minimum atomic E-state index is -0.270. The fourth-order valence-electron chi connectivity index (χ4n) is 1.22. The van der Waals surface area contributed by atoms with Crippen molar-refractivity contribution in [2.24, 2.45) is 0 Å². The zero-order valence-corrected chi connectivity index (χ0v) is 9.55. The number of nitriles is 1. The van der Waals surface area contributed by atoms with Crippen molar-refractivity contribution >= 4 is 12.0 Å². The van der Waals surface area contributed by atoms with E-state index in [-0.39, 0.29) is 18.6 Å². The van der Waals surface area contributed by atoms with Gasteiger partial charge in [0.25, 0.3) is 0 Å². The number of hydrogen-bond acceptors (Lipinski definition) is 3. The highest BCUT2D eigenvalue weighted by Crippen LogP contribution is 2.05. The van der Waals surface area contributed by atoms with E-state index in [1.807, 2.05) is 6.07 Å². The lowest BCUT2D eigenvalue weighted by Gasteiger charge is -2.07. The Morgan fingerprint density at radius 2 is 2.41 bits per heavy atom. The van der Waals surface area contributed by atoms with Gasteiger partial charge in [0.15, 0.2) is 0 Å². The molecule has 1 aromatic carbocycles. The molecule has 4 nitrogen and oxygen atoms in total. The molecular formula is C13H14N2O2. The molecule has 0 fully saturated rings. The van der Waals surface area contributed by atoms with Crippen molar-refractivity contribution in [3.63, 3.8) is 0 Å². The van der Waals surface area contributed by atoms with Gasteiger partial charge in [-0.05, 0) is 30.7 Å². The van der Waals surface area contributed by atoms with E-state index in [2.05, 4.69) is 5.32 Å². The number of benzene rings is 1. The molecular weight excluding hydrogens is 216 g/mol.